The molecule has 0 fully saturated rings. The van der Waals surface area contributed by atoms with Crippen molar-refractivity contribution in [3.8, 4) is 0 Å². The number of rotatable bonds is 9. The lowest BCUT2D eigenvalue weighted by molar-refractivity contribution is -0.146. The summed E-state index contributed by atoms with van der Waals surface area (Å²) < 4.78 is 1.88. The van der Waals surface area contributed by atoms with Crippen molar-refractivity contribution in [3.05, 3.63) is 102 Å². The highest BCUT2D eigenvalue weighted by molar-refractivity contribution is 6.00. The summed E-state index contributed by atoms with van der Waals surface area (Å²) in [6, 6.07) is 27.2. The highest BCUT2D eigenvalue weighted by atomic mass is 16.5. The van der Waals surface area contributed by atoms with Crippen LogP contribution in [0.3, 0.4) is 0 Å². The monoisotopic (exact) mass is 456 g/mol. The van der Waals surface area contributed by atoms with Crippen LogP contribution in [0.1, 0.15) is 17.0 Å². The molecule has 3 aromatic carbocycles. The number of amides is 2. The van der Waals surface area contributed by atoms with Gasteiger partial charge in [0.1, 0.15) is 11.7 Å². The molecule has 4 aromatic rings. The summed E-state index contributed by atoms with van der Waals surface area (Å²) in [6.07, 6.45) is 0.728. The zero-order chi connectivity index (χ0) is 23.9. The molecule has 1 aromatic heterocycles. The van der Waals surface area contributed by atoms with Crippen molar-refractivity contribution in [1.82, 2.24) is 19.9 Å². The fourth-order valence-corrected chi connectivity index (χ4v) is 4.13. The molecule has 2 N–H and O–H groups in total. The number of para-hydroxylation sites is 2. The minimum absolute atomic E-state index is 0.0764. The number of aryl methyl sites for hydroxylation is 1. The van der Waals surface area contributed by atoms with Crippen LogP contribution in [0.2, 0.25) is 0 Å². The molecule has 4 rings (SSSR count). The fraction of sp³-hybridized carbons (Fsp3) is 0.222. The quantitative estimate of drug-likeness (QED) is 0.229. The van der Waals surface area contributed by atoms with Crippen molar-refractivity contribution in [1.29, 1.82) is 0 Å². The van der Waals surface area contributed by atoms with E-state index in [-0.39, 0.29) is 12.3 Å². The van der Waals surface area contributed by atoms with E-state index in [1.165, 1.54) is 0 Å². The number of fused-ring (bicyclic) bond motifs is 1. The summed E-state index contributed by atoms with van der Waals surface area (Å²) >= 11 is 0. The molecule has 1 atom stereocenters. The first-order chi connectivity index (χ1) is 16.6. The van der Waals surface area contributed by atoms with Crippen molar-refractivity contribution in [2.45, 2.75) is 19.4 Å². The highest BCUT2D eigenvalue weighted by Gasteiger charge is 2.32. The number of imidazole rings is 1. The van der Waals surface area contributed by atoms with Gasteiger partial charge in [0.2, 0.25) is 5.91 Å². The standard InChI is InChI=1S/C27H28N4O3/c1-30-24-15-9-8-14-23(24)28-25(30)18-22(26(32)29-34)27(33)31(19-21-12-6-3-7-13-21)17-16-20-10-4-2-5-11-20/h2-15,22,34H,16-19H2,1H3,(H,29,32). The average molecular weight is 457 g/mol. The van der Waals surface area contributed by atoms with Crippen LogP contribution < -0.4 is 5.48 Å². The van der Waals surface area contributed by atoms with Crippen LogP contribution in [-0.2, 0) is 36.0 Å². The molecule has 0 aliphatic heterocycles. The number of hydroxylamine groups is 1. The molecule has 1 unspecified atom stereocenters. The van der Waals surface area contributed by atoms with E-state index in [0.717, 1.165) is 22.2 Å². The highest BCUT2D eigenvalue weighted by Crippen LogP contribution is 2.20. The molecule has 7 nitrogen and oxygen atoms in total. The van der Waals surface area contributed by atoms with Gasteiger partial charge in [0.05, 0.1) is 11.0 Å². The van der Waals surface area contributed by atoms with E-state index in [9.17, 15) is 14.8 Å². The normalized spacial score (nSPS) is 11.8. The van der Waals surface area contributed by atoms with E-state index in [4.69, 9.17) is 0 Å². The Morgan fingerprint density at radius 1 is 0.941 bits per heavy atom. The Morgan fingerprint density at radius 2 is 1.56 bits per heavy atom. The number of benzene rings is 3. The van der Waals surface area contributed by atoms with Gasteiger partial charge in [-0.25, -0.2) is 10.5 Å². The fourth-order valence-electron chi connectivity index (χ4n) is 4.13. The van der Waals surface area contributed by atoms with E-state index >= 15 is 0 Å². The van der Waals surface area contributed by atoms with Crippen LogP contribution in [0.4, 0.5) is 0 Å². The largest absolute Gasteiger partial charge is 0.337 e. The van der Waals surface area contributed by atoms with E-state index in [1.54, 1.807) is 10.4 Å². The minimum Gasteiger partial charge on any atom is -0.337 e. The molecule has 34 heavy (non-hydrogen) atoms. The zero-order valence-electron chi connectivity index (χ0n) is 19.1. The Morgan fingerprint density at radius 3 is 2.21 bits per heavy atom. The topological polar surface area (TPSA) is 87.5 Å². The molecule has 0 aliphatic rings. The summed E-state index contributed by atoms with van der Waals surface area (Å²) in [5, 5.41) is 9.42. The second-order valence-corrected chi connectivity index (χ2v) is 8.29. The average Bonchev–Trinajstić information content (AvgIpc) is 3.20. The van der Waals surface area contributed by atoms with Crippen LogP contribution in [0.25, 0.3) is 11.0 Å². The van der Waals surface area contributed by atoms with Crippen LogP contribution in [0, 0.1) is 5.92 Å². The Kier molecular flexibility index (Phi) is 7.34. The molecule has 174 valence electrons. The number of hydrogen-bond acceptors (Lipinski definition) is 4. The van der Waals surface area contributed by atoms with Gasteiger partial charge in [-0.3, -0.25) is 14.8 Å². The first kappa shape index (κ1) is 23.2. The lowest BCUT2D eigenvalue weighted by Gasteiger charge is -2.27. The minimum atomic E-state index is -1.11. The third kappa shape index (κ3) is 5.32. The van der Waals surface area contributed by atoms with Crippen molar-refractivity contribution in [3.63, 3.8) is 0 Å². The third-order valence-corrected chi connectivity index (χ3v) is 6.03. The lowest BCUT2D eigenvalue weighted by Crippen LogP contribution is -2.44. The molecule has 2 amide bonds. The molecule has 0 radical (unpaired) electrons. The smallest absolute Gasteiger partial charge is 0.256 e. The van der Waals surface area contributed by atoms with Gasteiger partial charge in [0, 0.05) is 26.6 Å². The maximum absolute atomic E-state index is 13.7. The van der Waals surface area contributed by atoms with Crippen molar-refractivity contribution in [2.75, 3.05) is 6.54 Å². The lowest BCUT2D eigenvalue weighted by atomic mass is 10.0. The maximum atomic E-state index is 13.7. The Bertz CT molecular complexity index is 1250. The summed E-state index contributed by atoms with van der Waals surface area (Å²) in [5.74, 6) is -1.60. The van der Waals surface area contributed by atoms with Gasteiger partial charge < -0.3 is 9.47 Å². The van der Waals surface area contributed by atoms with E-state index in [1.807, 2.05) is 96.5 Å². The Balaban J connectivity index is 1.61. The van der Waals surface area contributed by atoms with E-state index in [0.29, 0.717) is 25.3 Å². The molecular formula is C27H28N4O3. The Hall–Kier alpha value is -3.97. The van der Waals surface area contributed by atoms with Crippen LogP contribution in [0.15, 0.2) is 84.9 Å². The summed E-state index contributed by atoms with van der Waals surface area (Å²) in [7, 11) is 1.86. The molecule has 0 spiro atoms. The van der Waals surface area contributed by atoms with Gasteiger partial charge in [-0.1, -0.05) is 72.8 Å². The van der Waals surface area contributed by atoms with Crippen LogP contribution >= 0.6 is 0 Å². The summed E-state index contributed by atoms with van der Waals surface area (Å²) in [5.41, 5.74) is 5.47. The number of nitrogens with one attached hydrogen (secondary N) is 1. The second kappa shape index (κ2) is 10.8. The van der Waals surface area contributed by atoms with Crippen molar-refractivity contribution < 1.29 is 14.8 Å². The van der Waals surface area contributed by atoms with Gasteiger partial charge >= 0.3 is 0 Å². The molecular weight excluding hydrogens is 428 g/mol. The predicted molar refractivity (Wildman–Crippen MR) is 130 cm³/mol. The summed E-state index contributed by atoms with van der Waals surface area (Å²) in [6.45, 7) is 0.805. The SMILES string of the molecule is Cn1c(CC(C(=O)NO)C(=O)N(CCc2ccccc2)Cc2ccccc2)nc2ccccc21. The van der Waals surface area contributed by atoms with Gasteiger partial charge in [0.15, 0.2) is 0 Å². The number of carbonyl (C=O) groups excluding carboxylic acids is 2. The van der Waals surface area contributed by atoms with Crippen molar-refractivity contribution >= 4 is 22.8 Å². The molecule has 7 heteroatoms. The van der Waals surface area contributed by atoms with Crippen LogP contribution in [0.5, 0.6) is 0 Å². The zero-order valence-corrected chi connectivity index (χ0v) is 19.1. The first-order valence-electron chi connectivity index (χ1n) is 11.3. The molecule has 0 bridgehead atoms. The van der Waals surface area contributed by atoms with Gasteiger partial charge in [0.25, 0.3) is 5.91 Å². The third-order valence-electron chi connectivity index (χ3n) is 6.03. The van der Waals surface area contributed by atoms with Crippen LogP contribution in [-0.4, -0.2) is 38.0 Å². The number of aromatic nitrogens is 2. The molecule has 1 heterocycles. The molecule has 0 aliphatic carbocycles. The first-order valence-corrected chi connectivity index (χ1v) is 11.3. The molecule has 0 saturated carbocycles. The predicted octanol–water partition coefficient (Wildman–Crippen LogP) is 3.51. The molecule has 0 saturated heterocycles. The van der Waals surface area contributed by atoms with Crippen molar-refractivity contribution in [2.24, 2.45) is 13.0 Å². The number of nitrogens with zero attached hydrogens (tertiary/aromatic N) is 3. The Labute approximate surface area is 198 Å². The van der Waals surface area contributed by atoms with E-state index < -0.39 is 11.8 Å². The van der Waals surface area contributed by atoms with E-state index in [2.05, 4.69) is 4.98 Å². The van der Waals surface area contributed by atoms with Gasteiger partial charge in [-0.05, 0) is 29.7 Å². The summed E-state index contributed by atoms with van der Waals surface area (Å²) in [4.78, 5) is 32.7. The number of hydrogen-bond donors (Lipinski definition) is 2. The number of carbonyl (C=O) groups is 2. The second-order valence-electron chi connectivity index (χ2n) is 8.29. The van der Waals surface area contributed by atoms with Gasteiger partial charge in [-0.2, -0.15) is 0 Å². The maximum Gasteiger partial charge on any atom is 0.256 e. The van der Waals surface area contributed by atoms with Gasteiger partial charge in [-0.15, -0.1) is 0 Å².